The number of pyridine rings is 1. The number of hydrogen-bond donors (Lipinski definition) is 2. The molecular weight excluding hydrogens is 163 g/mol. The highest BCUT2D eigenvalue weighted by molar-refractivity contribution is 5.93. The number of amides is 1. The smallest absolute Gasteiger partial charge is 0.256 e. The number of halogens is 1. The topological polar surface area (TPSA) is 62.0 Å². The summed E-state index contributed by atoms with van der Waals surface area (Å²) < 4.78 is 12.6. The second-order valence-electron chi connectivity index (χ2n) is 2.13. The summed E-state index contributed by atoms with van der Waals surface area (Å²) in [4.78, 5) is 24.2. The Bertz CT molecular complexity index is 359. The number of rotatable bonds is 1. The minimum Gasteiger partial charge on any atom is -0.364 e. The first kappa shape index (κ1) is 8.45. The lowest BCUT2D eigenvalue weighted by Crippen LogP contribution is -2.26. The van der Waals surface area contributed by atoms with E-state index in [9.17, 15) is 14.0 Å². The summed E-state index contributed by atoms with van der Waals surface area (Å²) in [5, 5.41) is 2.22. The van der Waals surface area contributed by atoms with Crippen LogP contribution in [0.3, 0.4) is 0 Å². The second-order valence-corrected chi connectivity index (χ2v) is 2.13. The third-order valence-electron chi connectivity index (χ3n) is 1.37. The van der Waals surface area contributed by atoms with Crippen LogP contribution in [0.4, 0.5) is 4.39 Å². The van der Waals surface area contributed by atoms with Crippen LogP contribution >= 0.6 is 0 Å². The molecular formula is C7H7FN2O2. The molecule has 0 bridgehead atoms. The first-order chi connectivity index (χ1) is 5.66. The Balaban J connectivity index is 3.26. The molecule has 0 fully saturated rings. The lowest BCUT2D eigenvalue weighted by atomic mass is 10.2. The van der Waals surface area contributed by atoms with Crippen molar-refractivity contribution in [3.8, 4) is 0 Å². The van der Waals surface area contributed by atoms with Crippen LogP contribution in [0.5, 0.6) is 0 Å². The fraction of sp³-hybridized carbons (Fsp3) is 0.143. The van der Waals surface area contributed by atoms with E-state index in [-0.39, 0.29) is 5.56 Å². The molecule has 0 aliphatic carbocycles. The molecule has 12 heavy (non-hydrogen) atoms. The Hall–Kier alpha value is -1.65. The maximum Gasteiger partial charge on any atom is 0.256 e. The number of aromatic nitrogens is 1. The van der Waals surface area contributed by atoms with Gasteiger partial charge in [-0.15, -0.1) is 0 Å². The summed E-state index contributed by atoms with van der Waals surface area (Å²) in [7, 11) is 1.37. The van der Waals surface area contributed by atoms with Crippen LogP contribution in [0.1, 0.15) is 10.4 Å². The SMILES string of the molecule is CNC(=O)c1c[nH]cc(F)c1=O. The molecule has 0 radical (unpaired) electrons. The van der Waals surface area contributed by atoms with Crippen LogP contribution < -0.4 is 10.7 Å². The largest absolute Gasteiger partial charge is 0.364 e. The van der Waals surface area contributed by atoms with Gasteiger partial charge >= 0.3 is 0 Å². The van der Waals surface area contributed by atoms with E-state index < -0.39 is 17.2 Å². The number of hydrogen-bond acceptors (Lipinski definition) is 2. The van der Waals surface area contributed by atoms with Crippen LogP contribution in [0.15, 0.2) is 17.2 Å². The van der Waals surface area contributed by atoms with Crippen LogP contribution in [-0.2, 0) is 0 Å². The molecule has 0 saturated heterocycles. The van der Waals surface area contributed by atoms with Crippen molar-refractivity contribution in [2.45, 2.75) is 0 Å². The van der Waals surface area contributed by atoms with Gasteiger partial charge in [0.1, 0.15) is 5.56 Å². The van der Waals surface area contributed by atoms with Crippen molar-refractivity contribution < 1.29 is 9.18 Å². The molecule has 0 aromatic carbocycles. The van der Waals surface area contributed by atoms with Crippen molar-refractivity contribution in [3.05, 3.63) is 34.0 Å². The van der Waals surface area contributed by atoms with Gasteiger partial charge in [-0.3, -0.25) is 9.59 Å². The van der Waals surface area contributed by atoms with Gasteiger partial charge in [0.05, 0.1) is 0 Å². The minimum absolute atomic E-state index is 0.225. The number of aromatic amines is 1. The Morgan fingerprint density at radius 3 is 2.83 bits per heavy atom. The van der Waals surface area contributed by atoms with Gasteiger partial charge in [0.25, 0.3) is 5.91 Å². The molecule has 0 aliphatic heterocycles. The van der Waals surface area contributed by atoms with Gasteiger partial charge in [-0.05, 0) is 0 Å². The molecule has 4 nitrogen and oxygen atoms in total. The van der Waals surface area contributed by atoms with Gasteiger partial charge in [-0.2, -0.15) is 0 Å². The molecule has 1 aromatic heterocycles. The predicted octanol–water partition coefficient (Wildman–Crippen LogP) is -0.126. The van der Waals surface area contributed by atoms with Gasteiger partial charge in [0.15, 0.2) is 5.82 Å². The molecule has 2 N–H and O–H groups in total. The highest BCUT2D eigenvalue weighted by atomic mass is 19.1. The van der Waals surface area contributed by atoms with Gasteiger partial charge in [0.2, 0.25) is 5.43 Å². The number of nitrogens with one attached hydrogen (secondary N) is 2. The quantitative estimate of drug-likeness (QED) is 0.616. The predicted molar refractivity (Wildman–Crippen MR) is 40.4 cm³/mol. The number of carbonyl (C=O) groups is 1. The van der Waals surface area contributed by atoms with Crippen LogP contribution in [-0.4, -0.2) is 17.9 Å². The van der Waals surface area contributed by atoms with E-state index in [1.165, 1.54) is 7.05 Å². The molecule has 0 saturated carbocycles. The van der Waals surface area contributed by atoms with Crippen molar-refractivity contribution in [2.24, 2.45) is 0 Å². The zero-order valence-electron chi connectivity index (χ0n) is 6.35. The lowest BCUT2D eigenvalue weighted by Gasteiger charge is -1.96. The standard InChI is InChI=1S/C7H7FN2O2/c1-9-7(12)4-2-10-3-5(8)6(4)11/h2-3H,1H3,(H,9,12)(H,10,11). The first-order valence-corrected chi connectivity index (χ1v) is 3.25. The van der Waals surface area contributed by atoms with Gasteiger partial charge in [-0.1, -0.05) is 0 Å². The van der Waals surface area contributed by atoms with Gasteiger partial charge in [-0.25, -0.2) is 4.39 Å². The average Bonchev–Trinajstić information content (AvgIpc) is 2.08. The average molecular weight is 170 g/mol. The third-order valence-corrected chi connectivity index (χ3v) is 1.37. The fourth-order valence-corrected chi connectivity index (χ4v) is 0.761. The van der Waals surface area contributed by atoms with E-state index in [0.29, 0.717) is 0 Å². The summed E-state index contributed by atoms with van der Waals surface area (Å²) >= 11 is 0. The van der Waals surface area contributed by atoms with E-state index in [2.05, 4.69) is 10.3 Å². The molecule has 64 valence electrons. The lowest BCUT2D eigenvalue weighted by molar-refractivity contribution is 0.0961. The molecule has 1 amide bonds. The van der Waals surface area contributed by atoms with Crippen molar-refractivity contribution in [2.75, 3.05) is 7.05 Å². The normalized spacial score (nSPS) is 9.50. The highest BCUT2D eigenvalue weighted by Crippen LogP contribution is 1.91. The Labute approximate surface area is 67.4 Å². The highest BCUT2D eigenvalue weighted by Gasteiger charge is 2.10. The minimum atomic E-state index is -0.962. The third kappa shape index (κ3) is 1.34. The zero-order valence-corrected chi connectivity index (χ0v) is 6.35. The molecule has 1 aromatic rings. The molecule has 1 heterocycles. The zero-order chi connectivity index (χ0) is 9.14. The monoisotopic (exact) mass is 170 g/mol. The Morgan fingerprint density at radius 1 is 1.58 bits per heavy atom. The summed E-state index contributed by atoms with van der Waals surface area (Å²) in [6, 6.07) is 0. The van der Waals surface area contributed by atoms with E-state index in [0.717, 1.165) is 12.4 Å². The molecule has 0 aliphatic rings. The number of H-pyrrole nitrogens is 1. The van der Waals surface area contributed by atoms with E-state index >= 15 is 0 Å². The first-order valence-electron chi connectivity index (χ1n) is 3.25. The molecule has 0 spiro atoms. The van der Waals surface area contributed by atoms with E-state index in [1.54, 1.807) is 0 Å². The molecule has 0 atom stereocenters. The summed E-state index contributed by atoms with van der Waals surface area (Å²) in [6.45, 7) is 0. The number of carbonyl (C=O) groups excluding carboxylic acids is 1. The van der Waals surface area contributed by atoms with Crippen molar-refractivity contribution in [3.63, 3.8) is 0 Å². The van der Waals surface area contributed by atoms with Crippen molar-refractivity contribution in [1.29, 1.82) is 0 Å². The maximum atomic E-state index is 12.6. The Kier molecular flexibility index (Phi) is 2.23. The van der Waals surface area contributed by atoms with Gasteiger partial charge in [0, 0.05) is 19.4 Å². The Morgan fingerprint density at radius 2 is 2.25 bits per heavy atom. The van der Waals surface area contributed by atoms with Crippen LogP contribution in [0, 0.1) is 5.82 Å². The van der Waals surface area contributed by atoms with E-state index in [1.807, 2.05) is 0 Å². The summed E-state index contributed by atoms with van der Waals surface area (Å²) in [5.41, 5.74) is -1.12. The second kappa shape index (κ2) is 3.17. The van der Waals surface area contributed by atoms with Crippen molar-refractivity contribution in [1.82, 2.24) is 10.3 Å². The summed E-state index contributed by atoms with van der Waals surface area (Å²) in [5.74, 6) is -1.56. The van der Waals surface area contributed by atoms with Crippen LogP contribution in [0.25, 0.3) is 0 Å². The van der Waals surface area contributed by atoms with Gasteiger partial charge < -0.3 is 10.3 Å². The molecule has 1 rings (SSSR count). The maximum absolute atomic E-state index is 12.6. The van der Waals surface area contributed by atoms with E-state index in [4.69, 9.17) is 0 Å². The fourth-order valence-electron chi connectivity index (χ4n) is 0.761. The van der Waals surface area contributed by atoms with Crippen molar-refractivity contribution >= 4 is 5.91 Å². The van der Waals surface area contributed by atoms with Crippen LogP contribution in [0.2, 0.25) is 0 Å². The summed E-state index contributed by atoms with van der Waals surface area (Å²) in [6.07, 6.45) is 2.05. The molecule has 0 unspecified atom stereocenters. The molecule has 5 heteroatoms.